The second-order valence-corrected chi connectivity index (χ2v) is 13.4. The lowest BCUT2D eigenvalue weighted by Crippen LogP contribution is -2.38. The molecule has 0 aromatic carbocycles. The maximum atomic E-state index is 16.0. The summed E-state index contributed by atoms with van der Waals surface area (Å²) < 4.78 is 67.1. The maximum absolute atomic E-state index is 16.0. The molecule has 0 saturated carbocycles. The third kappa shape index (κ3) is 5.19. The van der Waals surface area contributed by atoms with Gasteiger partial charge in [0, 0.05) is 0 Å². The first-order valence-corrected chi connectivity index (χ1v) is 16.2. The summed E-state index contributed by atoms with van der Waals surface area (Å²) in [6, 6.07) is 0. The van der Waals surface area contributed by atoms with Crippen LogP contribution < -0.4 is 11.5 Å². The molecule has 44 heavy (non-hydrogen) atoms. The van der Waals surface area contributed by atoms with E-state index in [1.807, 2.05) is 0 Å². The number of imidazole rings is 2. The Morgan fingerprint density at radius 1 is 0.886 bits per heavy atom. The third-order valence-corrected chi connectivity index (χ3v) is 9.44. The molecular weight excluding hydrogens is 648 g/mol. The summed E-state index contributed by atoms with van der Waals surface area (Å²) in [5.74, 6) is 0.203. The fourth-order valence-electron chi connectivity index (χ4n) is 5.12. The summed E-state index contributed by atoms with van der Waals surface area (Å²) in [7, 11) is -4.99. The van der Waals surface area contributed by atoms with Gasteiger partial charge in [-0.25, -0.2) is 34.3 Å². The van der Waals surface area contributed by atoms with Crippen LogP contribution in [0.1, 0.15) is 12.5 Å². The molecule has 7 rings (SSSR count). The molecule has 19 nitrogen and oxygen atoms in total. The van der Waals surface area contributed by atoms with Crippen molar-refractivity contribution in [3.8, 4) is 0 Å². The quantitative estimate of drug-likeness (QED) is 0.144. The number of aliphatic hydroxyl groups excluding tert-OH is 1. The standard InChI is InChI=1S/C20H25BFN10O9P2S/c21-42(34)36-1-8-14(12(33)20(39-8)32-6-30-11-16(24)26-4-28-18(11)32)41-43(35,44)37-2-7-13(40-42)9(22)19(38-7)31-5-29-10-15(23)25-3-27-17(10)31/h3-9,12-14,19-20,33H,1-2H2,21H3,(H,35,44)(H2,23,25,27)(H2,24,26,28)/q-1/t7-,8-,9?,12?,13+,14+,19-,20-,42?,43?/m1/s1. The molecule has 6 N–H and O–H groups in total. The lowest BCUT2D eigenvalue weighted by atomic mass is 10.1. The molecule has 3 saturated heterocycles. The first-order chi connectivity index (χ1) is 20.9. The van der Waals surface area contributed by atoms with Gasteiger partial charge in [-0.05, 0) is 11.8 Å². The second-order valence-electron chi connectivity index (χ2n) is 9.65. The van der Waals surface area contributed by atoms with E-state index in [-0.39, 0.29) is 34.0 Å². The van der Waals surface area contributed by atoms with Gasteiger partial charge >= 0.3 is 6.72 Å². The van der Waals surface area contributed by atoms with E-state index in [4.69, 9.17) is 50.8 Å². The minimum absolute atomic E-state index is 0.0874. The van der Waals surface area contributed by atoms with E-state index in [2.05, 4.69) is 29.9 Å². The number of nitrogens with zero attached hydrogens (tertiary/aromatic N) is 8. The van der Waals surface area contributed by atoms with E-state index in [1.54, 1.807) is 0 Å². The predicted molar refractivity (Wildman–Crippen MR) is 154 cm³/mol. The fraction of sp³-hybridized carbons (Fsp3) is 0.500. The summed E-state index contributed by atoms with van der Waals surface area (Å²) >= 11 is 5.24. The summed E-state index contributed by atoms with van der Waals surface area (Å²) in [4.78, 5) is 35.4. The van der Waals surface area contributed by atoms with Crippen molar-refractivity contribution >= 4 is 67.5 Å². The Morgan fingerprint density at radius 2 is 1.43 bits per heavy atom. The highest BCUT2D eigenvalue weighted by molar-refractivity contribution is 8.07. The van der Waals surface area contributed by atoms with Crippen molar-refractivity contribution in [3.63, 3.8) is 0 Å². The molecule has 0 radical (unpaired) electrons. The number of hydrogen-bond donors (Lipinski definition) is 4. The molecule has 4 unspecified atom stereocenters. The van der Waals surface area contributed by atoms with Crippen molar-refractivity contribution in [2.24, 2.45) is 0 Å². The minimum atomic E-state index is -4.13. The van der Waals surface area contributed by atoms with Gasteiger partial charge in [-0.15, -0.1) is 0 Å². The number of hydrogen-bond acceptors (Lipinski definition) is 17. The lowest BCUT2D eigenvalue weighted by Gasteiger charge is -2.31. The molecule has 4 aromatic rings. The molecule has 4 aromatic heterocycles. The van der Waals surface area contributed by atoms with E-state index in [9.17, 15) is 14.6 Å². The zero-order chi connectivity index (χ0) is 31.0. The summed E-state index contributed by atoms with van der Waals surface area (Å²) in [6.07, 6.45) is -5.90. The zero-order valence-corrected chi connectivity index (χ0v) is 24.1. The van der Waals surface area contributed by atoms with Crippen LogP contribution in [-0.2, 0) is 43.9 Å². The minimum Gasteiger partial charge on any atom is -0.386 e. The number of halogens is 1. The highest BCUT2D eigenvalue weighted by Gasteiger charge is 2.52. The van der Waals surface area contributed by atoms with Crippen LogP contribution >= 0.6 is 14.2 Å². The fourth-order valence-corrected chi connectivity index (χ4v) is 7.35. The largest absolute Gasteiger partial charge is 0.386 e. The average molecular weight is 673 g/mol. The average Bonchev–Trinajstić information content (AvgIpc) is 3.73. The smallest absolute Gasteiger partial charge is 0.325 e. The van der Waals surface area contributed by atoms with Crippen molar-refractivity contribution in [2.45, 2.75) is 49.1 Å². The zero-order valence-electron chi connectivity index (χ0n) is 21.5. The molecule has 10 atom stereocenters. The number of ether oxygens (including phenoxy) is 2. The van der Waals surface area contributed by atoms with E-state index in [1.165, 1.54) is 34.4 Å². The highest BCUT2D eigenvalue weighted by Crippen LogP contribution is 2.54. The lowest BCUT2D eigenvalue weighted by molar-refractivity contribution is -0.0572. The molecule has 7 heterocycles. The van der Waals surface area contributed by atoms with Crippen LogP contribution in [0, 0.1) is 0 Å². The van der Waals surface area contributed by atoms with Crippen molar-refractivity contribution in [1.82, 2.24) is 39.0 Å². The molecular formula is C20H25BFN10O9P2S-. The molecule has 0 aliphatic carbocycles. The van der Waals surface area contributed by atoms with Gasteiger partial charge in [-0.2, -0.15) is 0 Å². The van der Waals surface area contributed by atoms with Crippen molar-refractivity contribution in [3.05, 3.63) is 25.3 Å². The van der Waals surface area contributed by atoms with Gasteiger partial charge in [0.15, 0.2) is 41.6 Å². The molecule has 3 fully saturated rings. The Kier molecular flexibility index (Phi) is 7.45. The van der Waals surface area contributed by atoms with Crippen LogP contribution in [0.15, 0.2) is 25.3 Å². The SMILES string of the molecule is [BH3-]P1(=O)OC[C@H]2O[C@@H](n3cnc4c(N)ncnc43)C(O)[C@H]2OP(O)(=S)OC[C@H]2O[C@@H](n3cnc4c(N)ncnc43)C(F)[C@H]2O1. The molecule has 3 aliphatic heterocycles. The molecule has 0 spiro atoms. The summed E-state index contributed by atoms with van der Waals surface area (Å²) in [5.41, 5.74) is 12.7. The van der Waals surface area contributed by atoms with Gasteiger partial charge in [0.05, 0.1) is 33.4 Å². The number of aromatic nitrogens is 8. The van der Waals surface area contributed by atoms with Gasteiger partial charge in [0.1, 0.15) is 61.7 Å². The second kappa shape index (κ2) is 11.0. The van der Waals surface area contributed by atoms with E-state index >= 15 is 4.39 Å². The number of nitrogen functional groups attached to an aromatic ring is 2. The number of alkyl halides is 1. The van der Waals surface area contributed by atoms with Gasteiger partial charge in [0.25, 0.3) is 0 Å². The van der Waals surface area contributed by atoms with Gasteiger partial charge in [-0.3, -0.25) is 13.7 Å². The number of nitrogens with two attached hydrogens (primary N) is 2. The molecule has 0 amide bonds. The molecule has 0 bridgehead atoms. The Bertz CT molecular complexity index is 1710. The van der Waals surface area contributed by atoms with Gasteiger partial charge in [-0.1, -0.05) is 0 Å². The molecule has 3 aliphatic rings. The van der Waals surface area contributed by atoms with Crippen molar-refractivity contribution in [1.29, 1.82) is 0 Å². The van der Waals surface area contributed by atoms with E-state index < -0.39 is 84.1 Å². The Balaban J connectivity index is 1.17. The van der Waals surface area contributed by atoms with Crippen molar-refractivity contribution < 1.29 is 46.5 Å². The monoisotopic (exact) mass is 673 g/mol. The van der Waals surface area contributed by atoms with E-state index in [0.717, 1.165) is 0 Å². The molecule has 24 heteroatoms. The van der Waals surface area contributed by atoms with E-state index in [0.29, 0.717) is 0 Å². The number of rotatable bonds is 2. The number of anilines is 2. The van der Waals surface area contributed by atoms with Gasteiger partial charge in [0.2, 0.25) is 0 Å². The van der Waals surface area contributed by atoms with Crippen LogP contribution in [0.5, 0.6) is 0 Å². The predicted octanol–water partition coefficient (Wildman–Crippen LogP) is -1.17. The van der Waals surface area contributed by atoms with Gasteiger partial charge < -0.3 is 49.1 Å². The normalized spacial score (nSPS) is 38.3. The van der Waals surface area contributed by atoms with Crippen LogP contribution in [0.25, 0.3) is 22.3 Å². The molecule has 236 valence electrons. The Morgan fingerprint density at radius 3 is 2.07 bits per heavy atom. The first kappa shape index (κ1) is 29.9. The first-order valence-electron chi connectivity index (χ1n) is 12.5. The third-order valence-electron chi connectivity index (χ3n) is 7.11. The Hall–Kier alpha value is -2.75. The van der Waals surface area contributed by atoms with Crippen molar-refractivity contribution in [2.75, 3.05) is 24.7 Å². The number of aliphatic hydroxyl groups is 1. The Labute approximate surface area is 252 Å². The van der Waals surface area contributed by atoms with Crippen LogP contribution in [0.4, 0.5) is 16.0 Å². The van der Waals surface area contributed by atoms with Crippen LogP contribution in [0.3, 0.4) is 0 Å². The van der Waals surface area contributed by atoms with Crippen LogP contribution in [0.2, 0.25) is 0 Å². The highest BCUT2D eigenvalue weighted by atomic mass is 32.5. The number of fused-ring (bicyclic) bond motifs is 4. The summed E-state index contributed by atoms with van der Waals surface area (Å²) in [5, 5.41) is 11.3. The summed E-state index contributed by atoms with van der Waals surface area (Å²) in [6.45, 7) is -5.06. The van der Waals surface area contributed by atoms with Crippen LogP contribution in [-0.4, -0.2) is 107 Å². The maximum Gasteiger partial charge on any atom is 0.325 e. The topological polar surface area (TPSA) is 252 Å².